The quantitative estimate of drug-likeness (QED) is 0.179. The predicted molar refractivity (Wildman–Crippen MR) is 135 cm³/mol. The lowest BCUT2D eigenvalue weighted by molar-refractivity contribution is 0.0914. The summed E-state index contributed by atoms with van der Waals surface area (Å²) >= 11 is 1.69. The first kappa shape index (κ1) is 26.0. The smallest absolute Gasteiger partial charge is 0.409 e. The second-order valence-corrected chi connectivity index (χ2v) is 8.44. The normalized spacial score (nSPS) is 17.6. The minimum Gasteiger partial charge on any atom is -0.450 e. The van der Waals surface area contributed by atoms with Crippen molar-refractivity contribution in [2.24, 2.45) is 4.99 Å². The molecule has 1 aromatic heterocycles. The number of hydrogen-bond donors (Lipinski definition) is 1. The van der Waals surface area contributed by atoms with Crippen molar-refractivity contribution < 1.29 is 9.53 Å². The van der Waals surface area contributed by atoms with Gasteiger partial charge in [0, 0.05) is 52.2 Å². The number of thioether (sulfide) groups is 1. The van der Waals surface area contributed by atoms with Crippen LogP contribution in [0, 0.1) is 0 Å². The lowest BCUT2D eigenvalue weighted by Crippen LogP contribution is -2.54. The van der Waals surface area contributed by atoms with E-state index < -0.39 is 0 Å². The number of ether oxygens (including phenoxy) is 1. The highest BCUT2D eigenvalue weighted by atomic mass is 127. The summed E-state index contributed by atoms with van der Waals surface area (Å²) in [6.07, 6.45) is 8.81. The van der Waals surface area contributed by atoms with Crippen molar-refractivity contribution in [1.29, 1.82) is 0 Å². The number of nitrogens with zero attached hydrogens (tertiary/aromatic N) is 6. The molecule has 9 nitrogen and oxygen atoms in total. The molecule has 1 aromatic rings. The number of rotatable bonds is 7. The van der Waals surface area contributed by atoms with E-state index >= 15 is 0 Å². The van der Waals surface area contributed by atoms with Crippen molar-refractivity contribution >= 4 is 47.8 Å². The fourth-order valence-corrected chi connectivity index (χ4v) is 4.81. The van der Waals surface area contributed by atoms with Crippen LogP contribution in [0.2, 0.25) is 0 Å². The predicted octanol–water partition coefficient (Wildman–Crippen LogP) is 3.02. The van der Waals surface area contributed by atoms with Crippen LogP contribution in [0.5, 0.6) is 0 Å². The fourth-order valence-electron chi connectivity index (χ4n) is 4.24. The van der Waals surface area contributed by atoms with E-state index in [4.69, 9.17) is 4.74 Å². The first-order valence-corrected chi connectivity index (χ1v) is 12.3. The minimum atomic E-state index is -0.226. The number of guanidine groups is 1. The number of piperazine rings is 1. The van der Waals surface area contributed by atoms with E-state index in [1.54, 1.807) is 16.7 Å². The molecule has 1 aliphatic heterocycles. The molecule has 1 aliphatic carbocycles. The Hall–Kier alpha value is -1.24. The van der Waals surface area contributed by atoms with E-state index in [1.165, 1.54) is 25.7 Å². The van der Waals surface area contributed by atoms with Gasteiger partial charge in [0.15, 0.2) is 11.1 Å². The maximum Gasteiger partial charge on any atom is 0.409 e. The number of amides is 1. The zero-order valence-corrected chi connectivity index (χ0v) is 22.0. The molecule has 1 saturated heterocycles. The van der Waals surface area contributed by atoms with Crippen LogP contribution in [0.3, 0.4) is 0 Å². The standard InChI is InChI=1S/C20H35N7O2S.HI/c1-4-29-20(28)26-14-12-25(13-15-26)18(21-2)22-11-7-10-17-23-24-19(30-3)27(17)16-8-5-6-9-16;/h16H,4-15H2,1-3H3,(H,21,22);1H. The molecule has 176 valence electrons. The molecule has 0 aromatic carbocycles. The van der Waals surface area contributed by atoms with E-state index in [1.807, 2.05) is 14.0 Å². The average Bonchev–Trinajstić information content (AvgIpc) is 3.43. The van der Waals surface area contributed by atoms with Crippen molar-refractivity contribution in [3.8, 4) is 0 Å². The molecule has 3 rings (SSSR count). The average molecular weight is 566 g/mol. The number of aryl methyl sites for hydroxylation is 1. The summed E-state index contributed by atoms with van der Waals surface area (Å²) in [5.41, 5.74) is 0. The van der Waals surface area contributed by atoms with Crippen LogP contribution < -0.4 is 5.32 Å². The van der Waals surface area contributed by atoms with Crippen molar-refractivity contribution in [2.45, 2.75) is 56.6 Å². The van der Waals surface area contributed by atoms with E-state index in [0.717, 1.165) is 49.4 Å². The van der Waals surface area contributed by atoms with Crippen LogP contribution in [0.1, 0.15) is 50.9 Å². The second-order valence-electron chi connectivity index (χ2n) is 7.66. The number of nitrogens with one attached hydrogen (secondary N) is 1. The maximum atomic E-state index is 11.9. The molecule has 1 saturated carbocycles. The molecule has 31 heavy (non-hydrogen) atoms. The molecule has 1 N–H and O–H groups in total. The number of carbonyl (C=O) groups excluding carboxylic acids is 1. The molecule has 0 spiro atoms. The van der Waals surface area contributed by atoms with Gasteiger partial charge in [-0.05, 0) is 32.4 Å². The summed E-state index contributed by atoms with van der Waals surface area (Å²) < 4.78 is 7.47. The molecule has 2 aliphatic rings. The summed E-state index contributed by atoms with van der Waals surface area (Å²) in [7, 11) is 1.81. The third kappa shape index (κ3) is 6.87. The number of hydrogen-bond acceptors (Lipinski definition) is 6. The Morgan fingerprint density at radius 2 is 1.87 bits per heavy atom. The van der Waals surface area contributed by atoms with Gasteiger partial charge >= 0.3 is 6.09 Å². The summed E-state index contributed by atoms with van der Waals surface area (Å²) in [5.74, 6) is 1.99. The largest absolute Gasteiger partial charge is 0.450 e. The van der Waals surface area contributed by atoms with Crippen molar-refractivity contribution in [3.63, 3.8) is 0 Å². The first-order chi connectivity index (χ1) is 14.7. The van der Waals surface area contributed by atoms with Crippen LogP contribution in [0.4, 0.5) is 4.79 Å². The molecule has 11 heteroatoms. The molecule has 0 unspecified atom stereocenters. The lowest BCUT2D eigenvalue weighted by atomic mass is 10.2. The maximum absolute atomic E-state index is 11.9. The number of aliphatic imine (C=N–C) groups is 1. The second kappa shape index (κ2) is 13.3. The van der Waals surface area contributed by atoms with Gasteiger partial charge in [-0.2, -0.15) is 0 Å². The van der Waals surface area contributed by atoms with E-state index in [0.29, 0.717) is 25.7 Å². The topological polar surface area (TPSA) is 87.9 Å². The van der Waals surface area contributed by atoms with Gasteiger partial charge in [0.25, 0.3) is 0 Å². The summed E-state index contributed by atoms with van der Waals surface area (Å²) in [6.45, 7) is 5.89. The highest BCUT2D eigenvalue weighted by Crippen LogP contribution is 2.33. The van der Waals surface area contributed by atoms with Crippen molar-refractivity contribution in [2.75, 3.05) is 52.6 Å². The molecule has 0 bridgehead atoms. The van der Waals surface area contributed by atoms with Crippen LogP contribution in [-0.2, 0) is 11.2 Å². The lowest BCUT2D eigenvalue weighted by Gasteiger charge is -2.35. The summed E-state index contributed by atoms with van der Waals surface area (Å²) in [4.78, 5) is 20.2. The molecular formula is C20H36IN7O2S. The van der Waals surface area contributed by atoms with Gasteiger partial charge in [-0.15, -0.1) is 34.2 Å². The van der Waals surface area contributed by atoms with Crippen LogP contribution in [0.25, 0.3) is 0 Å². The Morgan fingerprint density at radius 3 is 2.48 bits per heavy atom. The number of halogens is 1. The van der Waals surface area contributed by atoms with E-state index in [2.05, 4.69) is 36.2 Å². The monoisotopic (exact) mass is 565 g/mol. The molecule has 1 amide bonds. The Morgan fingerprint density at radius 1 is 1.19 bits per heavy atom. The Labute approximate surface area is 206 Å². The van der Waals surface area contributed by atoms with Gasteiger partial charge in [0.2, 0.25) is 0 Å². The van der Waals surface area contributed by atoms with Gasteiger partial charge in [-0.1, -0.05) is 24.6 Å². The van der Waals surface area contributed by atoms with Crippen molar-refractivity contribution in [1.82, 2.24) is 29.9 Å². The van der Waals surface area contributed by atoms with Gasteiger partial charge < -0.3 is 24.4 Å². The van der Waals surface area contributed by atoms with Crippen molar-refractivity contribution in [3.05, 3.63) is 5.82 Å². The SMILES string of the molecule is CCOC(=O)N1CCN(C(=NC)NCCCc2nnc(SC)n2C2CCCC2)CC1.I. The third-order valence-electron chi connectivity index (χ3n) is 5.78. The highest BCUT2D eigenvalue weighted by molar-refractivity contribution is 14.0. The Kier molecular flexibility index (Phi) is 11.2. The first-order valence-electron chi connectivity index (χ1n) is 11.0. The molecule has 0 atom stereocenters. The van der Waals surface area contributed by atoms with Gasteiger partial charge in [0.1, 0.15) is 5.82 Å². The van der Waals surface area contributed by atoms with Crippen LogP contribution >= 0.6 is 35.7 Å². The fraction of sp³-hybridized carbons (Fsp3) is 0.800. The summed E-state index contributed by atoms with van der Waals surface area (Å²) in [6, 6.07) is 0.564. The molecule has 2 heterocycles. The zero-order valence-electron chi connectivity index (χ0n) is 18.9. The molecule has 2 fully saturated rings. The van der Waals surface area contributed by atoms with E-state index in [9.17, 15) is 4.79 Å². The van der Waals surface area contributed by atoms with Crippen LogP contribution in [-0.4, -0.2) is 89.3 Å². The Bertz CT molecular complexity index is 716. The molecular weight excluding hydrogens is 529 g/mol. The zero-order chi connectivity index (χ0) is 21.3. The molecule has 0 radical (unpaired) electrons. The van der Waals surface area contributed by atoms with Crippen LogP contribution in [0.15, 0.2) is 10.1 Å². The summed E-state index contributed by atoms with van der Waals surface area (Å²) in [5, 5.41) is 13.4. The Balaban J connectivity index is 0.00000341. The van der Waals surface area contributed by atoms with Gasteiger partial charge in [-0.25, -0.2) is 4.79 Å². The highest BCUT2D eigenvalue weighted by Gasteiger charge is 2.25. The van der Waals surface area contributed by atoms with Gasteiger partial charge in [-0.3, -0.25) is 4.99 Å². The number of aromatic nitrogens is 3. The van der Waals surface area contributed by atoms with E-state index in [-0.39, 0.29) is 30.1 Å². The van der Waals surface area contributed by atoms with Gasteiger partial charge in [0.05, 0.1) is 6.61 Å². The minimum absolute atomic E-state index is 0. The third-order valence-corrected chi connectivity index (χ3v) is 6.43. The number of carbonyl (C=O) groups is 1.